The van der Waals surface area contributed by atoms with E-state index in [-0.39, 0.29) is 53.1 Å². The fourth-order valence-electron chi connectivity index (χ4n) is 6.54. The number of aromatic nitrogens is 5. The first-order valence-corrected chi connectivity index (χ1v) is 15.3. The second-order valence-corrected chi connectivity index (χ2v) is 12.6. The quantitative estimate of drug-likeness (QED) is 0.272. The predicted molar refractivity (Wildman–Crippen MR) is 153 cm³/mol. The third kappa shape index (κ3) is 5.13. The van der Waals surface area contributed by atoms with E-state index in [2.05, 4.69) is 10.2 Å². The lowest BCUT2D eigenvalue weighted by Gasteiger charge is -2.32. The summed E-state index contributed by atoms with van der Waals surface area (Å²) in [7, 11) is 0. The second-order valence-electron chi connectivity index (χ2n) is 11.6. The summed E-state index contributed by atoms with van der Waals surface area (Å²) in [6.07, 6.45) is 4.00. The summed E-state index contributed by atoms with van der Waals surface area (Å²) in [6, 6.07) is 3.07. The number of aliphatic carboxylic acids is 1. The van der Waals surface area contributed by atoms with Gasteiger partial charge in [-0.15, -0.1) is 4.80 Å². The van der Waals surface area contributed by atoms with Crippen molar-refractivity contribution in [2.45, 2.75) is 88.6 Å². The molecule has 0 spiro atoms. The summed E-state index contributed by atoms with van der Waals surface area (Å²) >= 11 is 1.04. The lowest BCUT2D eigenvalue weighted by Crippen LogP contribution is -2.49. The highest BCUT2D eigenvalue weighted by Gasteiger charge is 2.55. The van der Waals surface area contributed by atoms with Crippen molar-refractivity contribution in [3.05, 3.63) is 68.4 Å². The summed E-state index contributed by atoms with van der Waals surface area (Å²) in [4.78, 5) is 42.0. The van der Waals surface area contributed by atoms with Crippen LogP contribution in [-0.2, 0) is 26.4 Å². The Balaban J connectivity index is 1.42. The van der Waals surface area contributed by atoms with Crippen molar-refractivity contribution in [3.63, 3.8) is 0 Å². The molecule has 4 aromatic rings. The minimum atomic E-state index is -3.22. The van der Waals surface area contributed by atoms with Gasteiger partial charge >= 0.3 is 18.3 Å². The van der Waals surface area contributed by atoms with Gasteiger partial charge in [-0.2, -0.15) is 19.0 Å². The van der Waals surface area contributed by atoms with Gasteiger partial charge in [-0.25, -0.2) is 18.5 Å². The van der Waals surface area contributed by atoms with Gasteiger partial charge in [0.25, 0.3) is 5.56 Å². The molecule has 2 bridgehead atoms. The van der Waals surface area contributed by atoms with Gasteiger partial charge in [0.15, 0.2) is 0 Å². The molecule has 1 N–H and O–H groups in total. The number of carboxylic acid groups (broad SMARTS) is 1. The van der Waals surface area contributed by atoms with Crippen molar-refractivity contribution in [3.8, 4) is 10.8 Å². The van der Waals surface area contributed by atoms with Crippen LogP contribution in [0, 0.1) is 12.7 Å². The van der Waals surface area contributed by atoms with Gasteiger partial charge in [0.05, 0.1) is 42.6 Å². The number of carbonyl (C=O) groups is 1. The monoisotopic (exact) mass is 647 g/mol. The summed E-state index contributed by atoms with van der Waals surface area (Å²) < 4.78 is 60.8. The first-order chi connectivity index (χ1) is 21.6. The van der Waals surface area contributed by atoms with Gasteiger partial charge < -0.3 is 19.3 Å². The Labute approximate surface area is 256 Å². The lowest BCUT2D eigenvalue weighted by molar-refractivity contribution is -0.142. The normalized spacial score (nSPS) is 22.6. The smallest absolute Gasteiger partial charge is 0.387 e. The molecule has 45 heavy (non-hydrogen) atoms. The molecule has 238 valence electrons. The maximum atomic E-state index is 14.7. The number of halogens is 3. The molecule has 7 rings (SSSR count). The van der Waals surface area contributed by atoms with Crippen LogP contribution in [0.4, 0.5) is 13.2 Å². The molecule has 1 saturated carbocycles. The predicted octanol–water partition coefficient (Wildman–Crippen LogP) is 3.90. The van der Waals surface area contributed by atoms with Crippen molar-refractivity contribution in [1.82, 2.24) is 24.1 Å². The van der Waals surface area contributed by atoms with E-state index in [9.17, 15) is 32.7 Å². The van der Waals surface area contributed by atoms with Crippen molar-refractivity contribution in [2.75, 3.05) is 0 Å². The molecule has 0 radical (unpaired) electrons. The van der Waals surface area contributed by atoms with E-state index in [0.29, 0.717) is 23.4 Å². The molecule has 16 heteroatoms. The molecule has 4 atom stereocenters. The van der Waals surface area contributed by atoms with Gasteiger partial charge in [-0.05, 0) is 63.6 Å². The summed E-state index contributed by atoms with van der Waals surface area (Å²) in [5.41, 5.74) is -3.06. The number of nitrogens with zero attached hydrogens (tertiary/aromatic N) is 5. The molecule has 2 aliphatic heterocycles. The molecule has 3 aliphatic rings. The maximum absolute atomic E-state index is 14.7. The third-order valence-corrected chi connectivity index (χ3v) is 10.1. The highest BCUT2D eigenvalue weighted by Crippen LogP contribution is 2.43. The Hall–Kier alpha value is -4.02. The Bertz CT molecular complexity index is 1890. The van der Waals surface area contributed by atoms with Crippen molar-refractivity contribution < 1.29 is 37.3 Å². The Morgan fingerprint density at radius 1 is 1.18 bits per heavy atom. The number of ether oxygens (including phenoxy) is 3. The van der Waals surface area contributed by atoms with Crippen LogP contribution in [0.5, 0.6) is 5.75 Å². The molecular formula is C29H28F3N5O7S. The summed E-state index contributed by atoms with van der Waals surface area (Å²) in [6.45, 7) is -1.95. The molecule has 3 fully saturated rings. The Kier molecular flexibility index (Phi) is 7.32. The number of hydrogen-bond acceptors (Lipinski definition) is 9. The molecule has 12 nitrogen and oxygen atoms in total. The highest BCUT2D eigenvalue weighted by atomic mass is 32.1. The minimum absolute atomic E-state index is 0.0515. The number of benzene rings is 1. The molecular weight excluding hydrogens is 619 g/mol. The van der Waals surface area contributed by atoms with Crippen LogP contribution in [0.15, 0.2) is 40.2 Å². The molecule has 5 heterocycles. The van der Waals surface area contributed by atoms with Gasteiger partial charge in [-0.3, -0.25) is 9.36 Å². The van der Waals surface area contributed by atoms with Crippen LogP contribution in [0.2, 0.25) is 0 Å². The topological polar surface area (TPSA) is 140 Å². The fraction of sp³-hybridized carbons (Fsp3) is 0.483. The van der Waals surface area contributed by atoms with E-state index < -0.39 is 47.4 Å². The van der Waals surface area contributed by atoms with E-state index in [4.69, 9.17) is 14.2 Å². The zero-order valence-corrected chi connectivity index (χ0v) is 24.7. The second kappa shape index (κ2) is 11.1. The van der Waals surface area contributed by atoms with Crippen molar-refractivity contribution in [2.24, 2.45) is 0 Å². The van der Waals surface area contributed by atoms with E-state index in [0.717, 1.165) is 46.9 Å². The molecule has 3 aromatic heterocycles. The number of aryl methyl sites for hydroxylation is 1. The van der Waals surface area contributed by atoms with E-state index >= 15 is 0 Å². The van der Waals surface area contributed by atoms with Gasteiger partial charge in [0, 0.05) is 11.1 Å². The Morgan fingerprint density at radius 3 is 2.49 bits per heavy atom. The fourth-order valence-corrected chi connectivity index (χ4v) is 7.76. The number of fused-ring (bicyclic) bond motifs is 3. The largest absolute Gasteiger partial charge is 0.479 e. The highest BCUT2D eigenvalue weighted by molar-refractivity contribution is 7.21. The molecule has 2 saturated heterocycles. The number of carboxylic acids is 1. The van der Waals surface area contributed by atoms with Crippen molar-refractivity contribution in [1.29, 1.82) is 0 Å². The zero-order valence-electron chi connectivity index (χ0n) is 23.9. The first-order valence-electron chi connectivity index (χ1n) is 14.5. The SMILES string of the molecule is Cc1c(-n2nccn2)sc2c1c(=O)n(C1(C(=O)O)CC1)c(=O)n2C[C@H](O[C@@H]1C[C@H]2CC[C@@H](C1)O2)c1cc(F)ccc1OC(F)F. The van der Waals surface area contributed by atoms with Crippen LogP contribution in [0.25, 0.3) is 15.2 Å². The minimum Gasteiger partial charge on any atom is -0.479 e. The zero-order chi connectivity index (χ0) is 31.6. The average molecular weight is 648 g/mol. The van der Waals surface area contributed by atoms with Crippen molar-refractivity contribution >= 4 is 27.5 Å². The number of thiophene rings is 1. The maximum Gasteiger partial charge on any atom is 0.387 e. The van der Waals surface area contributed by atoms with Crippen LogP contribution >= 0.6 is 11.3 Å². The van der Waals surface area contributed by atoms with E-state index in [1.165, 1.54) is 21.8 Å². The third-order valence-electron chi connectivity index (χ3n) is 8.82. The van der Waals surface area contributed by atoms with Crippen LogP contribution in [-0.4, -0.2) is 60.1 Å². The summed E-state index contributed by atoms with van der Waals surface area (Å²) in [5.74, 6) is -2.40. The first kappa shape index (κ1) is 29.7. The number of alkyl halides is 2. The molecule has 1 aromatic carbocycles. The van der Waals surface area contributed by atoms with E-state index in [1.54, 1.807) is 6.92 Å². The molecule has 1 aliphatic carbocycles. The van der Waals surface area contributed by atoms with Crippen LogP contribution in [0.3, 0.4) is 0 Å². The Morgan fingerprint density at radius 2 is 1.87 bits per heavy atom. The lowest BCUT2D eigenvalue weighted by atomic mass is 10.0. The average Bonchev–Trinajstić information content (AvgIpc) is 3.28. The summed E-state index contributed by atoms with van der Waals surface area (Å²) in [5, 5.41) is 18.9. The molecule has 0 amide bonds. The number of rotatable bonds is 10. The molecule has 0 unspecified atom stereocenters. The van der Waals surface area contributed by atoms with Gasteiger partial charge in [0.2, 0.25) is 0 Å². The number of hydrogen-bond donors (Lipinski definition) is 1. The van der Waals surface area contributed by atoms with Gasteiger partial charge in [0.1, 0.15) is 33.0 Å². The standard InChI is InChI=1S/C29H28F3N5O7S/c1-14-22-23(38)36(29(6-7-29)26(39)40)28(41)35(25(22)45-24(14)37-33-8-9-34-37)13-21(43-18-11-16-3-4-17(12-18)42-16)19-10-15(30)2-5-20(19)44-27(31)32/h2,5,8-10,16-18,21,27H,3-4,6-7,11-13H2,1H3,(H,39,40)/t16-,17+,18-,21-/m0/s1. The van der Waals surface area contributed by atoms with Crippen LogP contribution < -0.4 is 16.0 Å². The van der Waals surface area contributed by atoms with Gasteiger partial charge in [-0.1, -0.05) is 11.3 Å². The van der Waals surface area contributed by atoms with E-state index in [1.807, 2.05) is 0 Å². The van der Waals surface area contributed by atoms with Crippen LogP contribution in [0.1, 0.15) is 55.8 Å².